The molecule has 0 aliphatic carbocycles. The fourth-order valence-electron chi connectivity index (χ4n) is 4.08. The molecule has 1 aliphatic heterocycles. The molecule has 0 saturated carbocycles. The number of ketones is 1. The molecule has 1 unspecified atom stereocenters. The molecule has 5 rings (SSSR count). The summed E-state index contributed by atoms with van der Waals surface area (Å²) < 4.78 is 10.8. The van der Waals surface area contributed by atoms with Gasteiger partial charge in [-0.15, -0.1) is 0 Å². The highest BCUT2D eigenvalue weighted by atomic mass is 16.6. The molecule has 2 atom stereocenters. The smallest absolute Gasteiger partial charge is 0.408 e. The molecular weight excluding hydrogens is 480 g/mol. The second-order valence-electron chi connectivity index (χ2n) is 8.86. The number of epoxide rings is 1. The second-order valence-corrected chi connectivity index (χ2v) is 8.86. The van der Waals surface area contributed by atoms with Crippen molar-refractivity contribution in [1.82, 2.24) is 5.32 Å². The molecule has 7 nitrogen and oxygen atoms in total. The van der Waals surface area contributed by atoms with Gasteiger partial charge >= 0.3 is 6.09 Å². The average molecular weight is 507 g/mol. The van der Waals surface area contributed by atoms with Crippen molar-refractivity contribution in [3.05, 3.63) is 137 Å². The molecule has 4 aromatic rings. The Balaban J connectivity index is 1.39. The number of benzene rings is 4. The van der Waals surface area contributed by atoms with Crippen molar-refractivity contribution in [2.45, 2.75) is 18.8 Å². The Morgan fingerprint density at radius 2 is 1.47 bits per heavy atom. The Kier molecular flexibility index (Phi) is 7.57. The zero-order valence-electron chi connectivity index (χ0n) is 20.5. The molecule has 2 N–H and O–H groups in total. The van der Waals surface area contributed by atoms with Gasteiger partial charge in [0.05, 0.1) is 12.3 Å². The van der Waals surface area contributed by atoms with Gasteiger partial charge in [-0.25, -0.2) is 4.79 Å². The number of hydrogen-bond donors (Lipinski definition) is 2. The minimum absolute atomic E-state index is 0.0644. The third-order valence-electron chi connectivity index (χ3n) is 6.16. The van der Waals surface area contributed by atoms with Crippen molar-refractivity contribution in [3.8, 4) is 0 Å². The van der Waals surface area contributed by atoms with Crippen LogP contribution < -0.4 is 10.6 Å². The lowest BCUT2D eigenvalue weighted by atomic mass is 9.98. The molecular formula is C31H26N2O5. The Morgan fingerprint density at radius 3 is 2.13 bits per heavy atom. The first kappa shape index (κ1) is 24.9. The molecule has 7 heteroatoms. The van der Waals surface area contributed by atoms with Gasteiger partial charge in [0.2, 0.25) is 0 Å². The van der Waals surface area contributed by atoms with Crippen LogP contribution in [0.25, 0.3) is 0 Å². The summed E-state index contributed by atoms with van der Waals surface area (Å²) in [5.41, 5.74) is 3.44. The molecule has 0 spiro atoms. The lowest BCUT2D eigenvalue weighted by Gasteiger charge is -2.20. The number of anilines is 1. The van der Waals surface area contributed by atoms with Gasteiger partial charge in [-0.3, -0.25) is 9.59 Å². The molecule has 1 fully saturated rings. The maximum absolute atomic E-state index is 13.6. The van der Waals surface area contributed by atoms with E-state index in [0.717, 1.165) is 11.1 Å². The summed E-state index contributed by atoms with van der Waals surface area (Å²) in [5.74, 6) is -0.737. The van der Waals surface area contributed by atoms with E-state index >= 15 is 0 Å². The van der Waals surface area contributed by atoms with Crippen LogP contribution in [-0.4, -0.2) is 24.4 Å². The van der Waals surface area contributed by atoms with Crippen LogP contribution in [0.2, 0.25) is 0 Å². The third kappa shape index (κ3) is 6.14. The number of amides is 2. The number of rotatable bonds is 9. The Morgan fingerprint density at radius 1 is 0.842 bits per heavy atom. The third-order valence-corrected chi connectivity index (χ3v) is 6.16. The Hall–Kier alpha value is -4.75. The summed E-state index contributed by atoms with van der Waals surface area (Å²) in [7, 11) is 0. The fourth-order valence-corrected chi connectivity index (χ4v) is 4.08. The molecule has 0 bridgehead atoms. The van der Waals surface area contributed by atoms with Crippen LogP contribution in [-0.2, 0) is 20.9 Å². The number of carbonyl (C=O) groups is 3. The van der Waals surface area contributed by atoms with Crippen molar-refractivity contribution in [3.63, 3.8) is 0 Å². The van der Waals surface area contributed by atoms with E-state index in [-0.39, 0.29) is 18.5 Å². The van der Waals surface area contributed by atoms with Crippen molar-refractivity contribution < 1.29 is 23.9 Å². The monoisotopic (exact) mass is 506 g/mol. The molecule has 190 valence electrons. The van der Waals surface area contributed by atoms with Crippen LogP contribution in [0.3, 0.4) is 0 Å². The molecule has 4 aromatic carbocycles. The molecule has 0 radical (unpaired) electrons. The highest BCUT2D eigenvalue weighted by Crippen LogP contribution is 2.33. The van der Waals surface area contributed by atoms with Crippen molar-refractivity contribution in [1.29, 1.82) is 0 Å². The van der Waals surface area contributed by atoms with E-state index < -0.39 is 18.0 Å². The number of alkyl carbamates (subject to hydrolysis) is 1. The van der Waals surface area contributed by atoms with Crippen LogP contribution in [0.1, 0.15) is 44.8 Å². The highest BCUT2D eigenvalue weighted by Gasteiger charge is 2.29. The van der Waals surface area contributed by atoms with E-state index in [9.17, 15) is 14.4 Å². The predicted octanol–water partition coefficient (Wildman–Crippen LogP) is 5.60. The summed E-state index contributed by atoms with van der Waals surface area (Å²) in [6.07, 6.45) is -0.805. The molecule has 1 heterocycles. The van der Waals surface area contributed by atoms with E-state index in [4.69, 9.17) is 9.47 Å². The maximum Gasteiger partial charge on any atom is 0.408 e. The lowest BCUT2D eigenvalue weighted by Crippen LogP contribution is -2.37. The van der Waals surface area contributed by atoms with Gasteiger partial charge in [0.25, 0.3) is 5.91 Å². The second kappa shape index (κ2) is 11.5. The standard InChI is InChI=1S/C31H26N2O5/c34-29(23-14-8-3-9-15-23)25-17-16-24(27-20-37-27)18-26(25)32-30(35)28(22-12-6-2-7-13-22)33-31(36)38-19-21-10-4-1-5-11-21/h1-18,27-28H,19-20H2,(H,32,35)(H,33,36)/t27?,28-/m0/s1. The normalized spacial score (nSPS) is 14.7. The van der Waals surface area contributed by atoms with Gasteiger partial charge in [-0.1, -0.05) is 97.1 Å². The van der Waals surface area contributed by atoms with Gasteiger partial charge in [0.15, 0.2) is 5.78 Å². The van der Waals surface area contributed by atoms with E-state index in [2.05, 4.69) is 10.6 Å². The zero-order valence-corrected chi connectivity index (χ0v) is 20.5. The quantitative estimate of drug-likeness (QED) is 0.228. The van der Waals surface area contributed by atoms with Gasteiger partial charge < -0.3 is 20.1 Å². The van der Waals surface area contributed by atoms with Crippen molar-refractivity contribution >= 4 is 23.5 Å². The largest absolute Gasteiger partial charge is 0.445 e. The predicted molar refractivity (Wildman–Crippen MR) is 143 cm³/mol. The number of ether oxygens (including phenoxy) is 2. The van der Waals surface area contributed by atoms with Crippen LogP contribution in [0.15, 0.2) is 109 Å². The number of hydrogen-bond acceptors (Lipinski definition) is 5. The molecule has 38 heavy (non-hydrogen) atoms. The van der Waals surface area contributed by atoms with Crippen molar-refractivity contribution in [2.24, 2.45) is 0 Å². The summed E-state index contributed by atoms with van der Waals surface area (Å²) in [4.78, 5) is 39.6. The highest BCUT2D eigenvalue weighted by molar-refractivity contribution is 6.14. The van der Waals surface area contributed by atoms with Gasteiger partial charge in [-0.05, 0) is 28.8 Å². The summed E-state index contributed by atoms with van der Waals surface area (Å²) in [5, 5.41) is 5.55. The fraction of sp³-hybridized carbons (Fsp3) is 0.129. The number of nitrogens with one attached hydrogen (secondary N) is 2. The van der Waals surface area contributed by atoms with E-state index in [1.807, 2.05) is 48.5 Å². The minimum atomic E-state index is -1.06. The van der Waals surface area contributed by atoms with Crippen LogP contribution in [0.4, 0.5) is 10.5 Å². The molecule has 0 aromatic heterocycles. The van der Waals surface area contributed by atoms with Gasteiger partial charge in [-0.2, -0.15) is 0 Å². The number of carbonyl (C=O) groups excluding carboxylic acids is 3. The van der Waals surface area contributed by atoms with Gasteiger partial charge in [0.1, 0.15) is 18.8 Å². The summed E-state index contributed by atoms with van der Waals surface area (Å²) in [6, 6.07) is 31.2. The Labute approximate surface area is 220 Å². The summed E-state index contributed by atoms with van der Waals surface area (Å²) in [6.45, 7) is 0.649. The first-order chi connectivity index (χ1) is 18.6. The van der Waals surface area contributed by atoms with E-state index in [1.54, 1.807) is 60.7 Å². The average Bonchev–Trinajstić information content (AvgIpc) is 3.82. The van der Waals surface area contributed by atoms with Crippen molar-refractivity contribution in [2.75, 3.05) is 11.9 Å². The SMILES string of the molecule is O=C(N[C@H](C(=O)Nc1cc(C2CO2)ccc1C(=O)c1ccccc1)c1ccccc1)OCc1ccccc1. The minimum Gasteiger partial charge on any atom is -0.445 e. The molecule has 1 saturated heterocycles. The van der Waals surface area contributed by atoms with Crippen LogP contribution >= 0.6 is 0 Å². The maximum atomic E-state index is 13.6. The first-order valence-corrected chi connectivity index (χ1v) is 12.3. The Bertz CT molecular complexity index is 1420. The topological polar surface area (TPSA) is 97.0 Å². The summed E-state index contributed by atoms with van der Waals surface area (Å²) >= 11 is 0. The van der Waals surface area contributed by atoms with E-state index in [1.165, 1.54) is 0 Å². The lowest BCUT2D eigenvalue weighted by molar-refractivity contribution is -0.118. The van der Waals surface area contributed by atoms with E-state index in [0.29, 0.717) is 29.0 Å². The zero-order chi connectivity index (χ0) is 26.3. The van der Waals surface area contributed by atoms with Gasteiger partial charge in [0, 0.05) is 11.1 Å². The molecule has 2 amide bonds. The molecule has 1 aliphatic rings. The van der Waals surface area contributed by atoms with Crippen LogP contribution in [0, 0.1) is 0 Å². The first-order valence-electron chi connectivity index (χ1n) is 12.3. The van der Waals surface area contributed by atoms with Crippen LogP contribution in [0.5, 0.6) is 0 Å².